The molecule has 0 aromatic rings. The van der Waals surface area contributed by atoms with Gasteiger partial charge in [0.15, 0.2) is 0 Å². The maximum atomic E-state index is 11.6. The smallest absolute Gasteiger partial charge is 0.307 e. The van der Waals surface area contributed by atoms with Gasteiger partial charge in [-0.15, -0.1) is 0 Å². The first-order valence-electron chi connectivity index (χ1n) is 11.3. The maximum absolute atomic E-state index is 11.6. The minimum absolute atomic E-state index is 0. The van der Waals surface area contributed by atoms with Crippen molar-refractivity contribution in [3.8, 4) is 0 Å². The number of hydrogen-bond acceptors (Lipinski definition) is 9. The van der Waals surface area contributed by atoms with Gasteiger partial charge in [-0.05, 0) is 6.92 Å². The second kappa shape index (κ2) is 18.6. The Hall–Kier alpha value is -2.82. The molecule has 0 fully saturated rings. The largest absolute Gasteiger partial charge is 0.469 e. The van der Waals surface area contributed by atoms with Gasteiger partial charge in [0.2, 0.25) is 11.8 Å². The molecule has 0 rings (SSSR count). The summed E-state index contributed by atoms with van der Waals surface area (Å²) in [5.41, 5.74) is 5.40. The highest BCUT2D eigenvalue weighted by molar-refractivity contribution is 5.89. The van der Waals surface area contributed by atoms with Gasteiger partial charge in [-0.2, -0.15) is 0 Å². The maximum Gasteiger partial charge on any atom is 0.307 e. The zero-order chi connectivity index (χ0) is 26.8. The standard InChI is InChI=1S/C12H21NO4.C11H20N2O4.H2/c1-8(2)10(14)7-9(3)12(16)13-6-5-11(15)17-4;1-7(6-9(14)8(2)12)11(16)13-5-4-10(15)17-3;/h8-9H,5-7H2,1-4H3,(H,13,16);7-8H,4-6,12H2,1-3H3,(H,13,16);1H/t9-;7-,8+;/m11./s1. The number of ether oxygens (including phenoxy) is 2. The van der Waals surface area contributed by atoms with Crippen molar-refractivity contribution in [3.05, 3.63) is 0 Å². The Bertz CT molecular complexity index is 640. The summed E-state index contributed by atoms with van der Waals surface area (Å²) in [5.74, 6) is -2.15. The molecule has 0 radical (unpaired) electrons. The summed E-state index contributed by atoms with van der Waals surface area (Å²) in [4.78, 5) is 67.4. The van der Waals surface area contributed by atoms with Crippen LogP contribution < -0.4 is 16.4 Å². The van der Waals surface area contributed by atoms with Gasteiger partial charge in [0.1, 0.15) is 11.6 Å². The molecule has 0 aromatic carbocycles. The molecule has 3 atom stereocenters. The fourth-order valence-corrected chi connectivity index (χ4v) is 2.34. The van der Waals surface area contributed by atoms with Crippen LogP contribution in [0, 0.1) is 17.8 Å². The molecule has 0 heterocycles. The van der Waals surface area contributed by atoms with Crippen molar-refractivity contribution >= 4 is 35.3 Å². The molecule has 34 heavy (non-hydrogen) atoms. The van der Waals surface area contributed by atoms with Gasteiger partial charge in [0.05, 0.1) is 33.1 Å². The normalized spacial score (nSPS) is 12.9. The zero-order valence-corrected chi connectivity index (χ0v) is 21.4. The van der Waals surface area contributed by atoms with Gasteiger partial charge in [0, 0.05) is 45.1 Å². The van der Waals surface area contributed by atoms with E-state index < -0.39 is 12.0 Å². The lowest BCUT2D eigenvalue weighted by Crippen LogP contribution is -2.35. The van der Waals surface area contributed by atoms with Gasteiger partial charge in [-0.1, -0.05) is 27.7 Å². The van der Waals surface area contributed by atoms with Crippen LogP contribution in [-0.2, 0) is 38.2 Å². The number of esters is 2. The Morgan fingerprint density at radius 3 is 1.35 bits per heavy atom. The molecule has 0 saturated heterocycles. The first-order chi connectivity index (χ1) is 15.8. The van der Waals surface area contributed by atoms with Gasteiger partial charge in [-0.25, -0.2) is 0 Å². The summed E-state index contributed by atoms with van der Waals surface area (Å²) in [6.07, 6.45) is 0.618. The first-order valence-corrected chi connectivity index (χ1v) is 11.3. The summed E-state index contributed by atoms with van der Waals surface area (Å²) in [6, 6.07) is -0.555. The van der Waals surface area contributed by atoms with E-state index in [9.17, 15) is 28.8 Å². The van der Waals surface area contributed by atoms with E-state index in [-0.39, 0.29) is 87.4 Å². The second-order valence-corrected chi connectivity index (χ2v) is 8.32. The van der Waals surface area contributed by atoms with Gasteiger partial charge in [-0.3, -0.25) is 28.8 Å². The predicted molar refractivity (Wildman–Crippen MR) is 127 cm³/mol. The molecule has 4 N–H and O–H groups in total. The Labute approximate surface area is 203 Å². The van der Waals surface area contributed by atoms with E-state index in [1.54, 1.807) is 20.8 Å². The quantitative estimate of drug-likeness (QED) is 0.298. The van der Waals surface area contributed by atoms with E-state index in [0.29, 0.717) is 0 Å². The van der Waals surface area contributed by atoms with E-state index in [0.717, 1.165) is 0 Å². The van der Waals surface area contributed by atoms with Crippen LogP contribution in [0.2, 0.25) is 0 Å². The molecule has 198 valence electrons. The number of methoxy groups -OCH3 is 2. The zero-order valence-electron chi connectivity index (χ0n) is 21.4. The van der Waals surface area contributed by atoms with Crippen LogP contribution in [-0.4, -0.2) is 68.7 Å². The van der Waals surface area contributed by atoms with E-state index in [1.807, 2.05) is 13.8 Å². The van der Waals surface area contributed by atoms with E-state index in [2.05, 4.69) is 20.1 Å². The van der Waals surface area contributed by atoms with Crippen molar-refractivity contribution in [2.45, 2.75) is 66.3 Å². The third-order valence-corrected chi connectivity index (χ3v) is 4.77. The number of rotatable bonds is 14. The van der Waals surface area contributed by atoms with Crippen LogP contribution >= 0.6 is 0 Å². The number of hydrogen-bond donors (Lipinski definition) is 3. The third-order valence-electron chi connectivity index (χ3n) is 4.77. The Balaban J connectivity index is -0.000000569. The van der Waals surface area contributed by atoms with Crippen LogP contribution in [0.1, 0.15) is 61.7 Å². The minimum Gasteiger partial charge on any atom is -0.469 e. The van der Waals surface area contributed by atoms with Gasteiger partial charge >= 0.3 is 11.9 Å². The molecule has 0 aliphatic heterocycles. The number of amides is 2. The average molecular weight is 490 g/mol. The van der Waals surface area contributed by atoms with Crippen molar-refractivity contribution in [1.82, 2.24) is 10.6 Å². The fraction of sp³-hybridized carbons (Fsp3) is 0.739. The molecule has 0 bridgehead atoms. The van der Waals surface area contributed by atoms with Crippen LogP contribution in [0.25, 0.3) is 0 Å². The monoisotopic (exact) mass is 489 g/mol. The number of ketones is 2. The van der Waals surface area contributed by atoms with Crippen molar-refractivity contribution < 1.29 is 39.7 Å². The molecular formula is C23H43N3O8. The van der Waals surface area contributed by atoms with E-state index in [1.165, 1.54) is 14.2 Å². The van der Waals surface area contributed by atoms with Crippen molar-refractivity contribution in [1.29, 1.82) is 0 Å². The molecular weight excluding hydrogens is 446 g/mol. The number of Topliss-reactive ketones (excluding diaryl/α,β-unsaturated/α-hetero) is 2. The molecule has 0 aromatic heterocycles. The summed E-state index contributed by atoms with van der Waals surface area (Å²) < 4.78 is 8.87. The molecule has 0 aliphatic carbocycles. The SMILES string of the molecule is COC(=O)CCNC(=O)[C@H](C)CC(=O)C(C)C.COC(=O)CCNC(=O)[C@H](C)CC(=O)[C@H](C)N.[HH]. The first kappa shape index (κ1) is 33.4. The molecule has 0 saturated carbocycles. The van der Waals surface area contributed by atoms with E-state index >= 15 is 0 Å². The molecule has 0 spiro atoms. The third kappa shape index (κ3) is 16.8. The van der Waals surface area contributed by atoms with Gasteiger partial charge in [0.25, 0.3) is 0 Å². The molecule has 11 heteroatoms. The fourth-order valence-electron chi connectivity index (χ4n) is 2.34. The Morgan fingerprint density at radius 2 is 1.06 bits per heavy atom. The average Bonchev–Trinajstić information content (AvgIpc) is 2.78. The van der Waals surface area contributed by atoms with Crippen molar-refractivity contribution in [2.75, 3.05) is 27.3 Å². The Kier molecular flexibility index (Phi) is 18.2. The number of carbonyl (C=O) groups excluding carboxylic acids is 6. The summed E-state index contributed by atoms with van der Waals surface area (Å²) in [7, 11) is 2.59. The highest BCUT2D eigenvalue weighted by Gasteiger charge is 2.19. The number of carbonyl (C=O) groups is 6. The Morgan fingerprint density at radius 1 is 0.706 bits per heavy atom. The summed E-state index contributed by atoms with van der Waals surface area (Å²) in [5, 5.41) is 5.16. The molecule has 11 nitrogen and oxygen atoms in total. The highest BCUT2D eigenvalue weighted by atomic mass is 16.5. The van der Waals surface area contributed by atoms with Crippen LogP contribution in [0.15, 0.2) is 0 Å². The second-order valence-electron chi connectivity index (χ2n) is 8.32. The summed E-state index contributed by atoms with van der Waals surface area (Å²) in [6.45, 7) is 9.01. The molecule has 0 unspecified atom stereocenters. The van der Waals surface area contributed by atoms with Crippen molar-refractivity contribution in [3.63, 3.8) is 0 Å². The van der Waals surface area contributed by atoms with Gasteiger partial charge < -0.3 is 25.8 Å². The van der Waals surface area contributed by atoms with E-state index in [4.69, 9.17) is 5.73 Å². The summed E-state index contributed by atoms with van der Waals surface area (Å²) >= 11 is 0. The van der Waals surface area contributed by atoms with Crippen LogP contribution in [0.3, 0.4) is 0 Å². The molecule has 0 aliphatic rings. The highest BCUT2D eigenvalue weighted by Crippen LogP contribution is 2.08. The van der Waals surface area contributed by atoms with Crippen LogP contribution in [0.5, 0.6) is 0 Å². The molecule has 2 amide bonds. The minimum atomic E-state index is -0.555. The number of nitrogens with one attached hydrogen (secondary N) is 2. The lowest BCUT2D eigenvalue weighted by molar-refractivity contribution is -0.141. The van der Waals surface area contributed by atoms with Crippen molar-refractivity contribution in [2.24, 2.45) is 23.5 Å². The predicted octanol–water partition coefficient (Wildman–Crippen LogP) is 0.771. The van der Waals surface area contributed by atoms with Crippen LogP contribution in [0.4, 0.5) is 0 Å². The topological polar surface area (TPSA) is 171 Å². The number of nitrogens with two attached hydrogens (primary N) is 1. The lowest BCUT2D eigenvalue weighted by atomic mass is 9.97. The lowest BCUT2D eigenvalue weighted by Gasteiger charge is -2.12.